The number of benzene rings is 1. The van der Waals surface area contributed by atoms with Gasteiger partial charge in [0.15, 0.2) is 0 Å². The van der Waals surface area contributed by atoms with Crippen LogP contribution in [0.2, 0.25) is 0 Å². The number of nitrogens with one attached hydrogen (secondary N) is 2. The normalized spacial score (nSPS) is 18.4. The fourth-order valence-electron chi connectivity index (χ4n) is 1.85. The van der Waals surface area contributed by atoms with Crippen LogP contribution < -0.4 is 10.6 Å². The van der Waals surface area contributed by atoms with Crippen LogP contribution >= 0.6 is 11.8 Å². The van der Waals surface area contributed by atoms with Crippen molar-refractivity contribution in [2.75, 3.05) is 16.4 Å². The number of amides is 2. The lowest BCUT2D eigenvalue weighted by Crippen LogP contribution is -2.22. The van der Waals surface area contributed by atoms with Gasteiger partial charge in [-0.05, 0) is 42.9 Å². The van der Waals surface area contributed by atoms with Crippen LogP contribution in [-0.2, 0) is 9.59 Å². The standard InChI is InChI=1S/C13H16N2O2S/c1-9(16)14-10-4-6-11(7-5-10)15-13(17)12-3-2-8-18-12/h4-7,12H,2-3,8H2,1H3,(H,14,16)(H,15,17). The van der Waals surface area contributed by atoms with Crippen molar-refractivity contribution >= 4 is 35.0 Å². The Morgan fingerprint density at radius 3 is 2.28 bits per heavy atom. The number of rotatable bonds is 3. The van der Waals surface area contributed by atoms with E-state index in [1.807, 2.05) is 0 Å². The molecule has 1 unspecified atom stereocenters. The van der Waals surface area contributed by atoms with Crippen LogP contribution in [0.15, 0.2) is 24.3 Å². The van der Waals surface area contributed by atoms with Gasteiger partial charge in [-0.25, -0.2) is 0 Å². The first-order valence-electron chi connectivity index (χ1n) is 5.95. The lowest BCUT2D eigenvalue weighted by Gasteiger charge is -2.10. The van der Waals surface area contributed by atoms with Gasteiger partial charge < -0.3 is 10.6 Å². The highest BCUT2D eigenvalue weighted by molar-refractivity contribution is 8.00. The smallest absolute Gasteiger partial charge is 0.237 e. The average molecular weight is 264 g/mol. The van der Waals surface area contributed by atoms with Gasteiger partial charge in [0.2, 0.25) is 11.8 Å². The van der Waals surface area contributed by atoms with Gasteiger partial charge in [-0.2, -0.15) is 0 Å². The summed E-state index contributed by atoms with van der Waals surface area (Å²) in [5.74, 6) is 1.04. The third-order valence-corrected chi connectivity index (χ3v) is 4.07. The van der Waals surface area contributed by atoms with E-state index in [9.17, 15) is 9.59 Å². The van der Waals surface area contributed by atoms with Gasteiger partial charge in [-0.15, -0.1) is 11.8 Å². The van der Waals surface area contributed by atoms with Crippen molar-refractivity contribution in [2.45, 2.75) is 25.0 Å². The van der Waals surface area contributed by atoms with Crippen LogP contribution in [-0.4, -0.2) is 22.8 Å². The predicted molar refractivity (Wildman–Crippen MR) is 74.9 cm³/mol. The van der Waals surface area contributed by atoms with E-state index in [-0.39, 0.29) is 17.1 Å². The fraction of sp³-hybridized carbons (Fsp3) is 0.385. The lowest BCUT2D eigenvalue weighted by molar-refractivity contribution is -0.116. The first-order valence-corrected chi connectivity index (χ1v) is 7.00. The van der Waals surface area contributed by atoms with E-state index < -0.39 is 0 Å². The second-order valence-electron chi connectivity index (χ2n) is 4.25. The van der Waals surface area contributed by atoms with Crippen molar-refractivity contribution in [1.29, 1.82) is 0 Å². The van der Waals surface area contributed by atoms with E-state index in [1.165, 1.54) is 6.92 Å². The summed E-state index contributed by atoms with van der Waals surface area (Å²) in [5, 5.41) is 5.66. The van der Waals surface area contributed by atoms with Gasteiger partial charge in [0.05, 0.1) is 5.25 Å². The van der Waals surface area contributed by atoms with Crippen LogP contribution in [0.4, 0.5) is 11.4 Å². The Balaban J connectivity index is 1.93. The quantitative estimate of drug-likeness (QED) is 0.881. The minimum atomic E-state index is -0.103. The maximum atomic E-state index is 11.9. The van der Waals surface area contributed by atoms with Crippen molar-refractivity contribution in [3.8, 4) is 0 Å². The largest absolute Gasteiger partial charge is 0.326 e. The Bertz CT molecular complexity index is 439. The molecule has 4 nitrogen and oxygen atoms in total. The number of hydrogen-bond acceptors (Lipinski definition) is 3. The molecule has 0 radical (unpaired) electrons. The summed E-state index contributed by atoms with van der Waals surface area (Å²) >= 11 is 1.71. The highest BCUT2D eigenvalue weighted by Crippen LogP contribution is 2.27. The summed E-state index contributed by atoms with van der Waals surface area (Å²) in [6, 6.07) is 7.14. The monoisotopic (exact) mass is 264 g/mol. The van der Waals surface area contributed by atoms with Crippen LogP contribution in [0.3, 0.4) is 0 Å². The first-order chi connectivity index (χ1) is 8.65. The summed E-state index contributed by atoms with van der Waals surface area (Å²) in [7, 11) is 0. The van der Waals surface area contributed by atoms with Gasteiger partial charge >= 0.3 is 0 Å². The minimum absolute atomic E-state index is 0.0739. The number of carbonyl (C=O) groups excluding carboxylic acids is 2. The third kappa shape index (κ3) is 3.50. The van der Waals surface area contributed by atoms with Crippen molar-refractivity contribution in [2.24, 2.45) is 0 Å². The molecule has 18 heavy (non-hydrogen) atoms. The number of carbonyl (C=O) groups is 2. The molecule has 1 fully saturated rings. The number of thioether (sulfide) groups is 1. The molecule has 2 amide bonds. The van der Waals surface area contributed by atoms with Gasteiger partial charge in [0.25, 0.3) is 0 Å². The summed E-state index contributed by atoms with van der Waals surface area (Å²) in [4.78, 5) is 22.7. The summed E-state index contributed by atoms with van der Waals surface area (Å²) in [5.41, 5.74) is 1.50. The number of hydrogen-bond donors (Lipinski definition) is 2. The van der Waals surface area contributed by atoms with E-state index in [1.54, 1.807) is 36.0 Å². The van der Waals surface area contributed by atoms with E-state index in [4.69, 9.17) is 0 Å². The number of anilines is 2. The van der Waals surface area contributed by atoms with Crippen LogP contribution in [0, 0.1) is 0 Å². The molecule has 0 bridgehead atoms. The third-order valence-electron chi connectivity index (χ3n) is 2.69. The molecule has 1 aromatic carbocycles. The first kappa shape index (κ1) is 13.0. The van der Waals surface area contributed by atoms with E-state index in [0.717, 1.165) is 30.0 Å². The Hall–Kier alpha value is -1.49. The zero-order valence-corrected chi connectivity index (χ0v) is 11.0. The van der Waals surface area contributed by atoms with Crippen LogP contribution in [0.25, 0.3) is 0 Å². The molecule has 1 aromatic rings. The second kappa shape index (κ2) is 5.91. The average Bonchev–Trinajstić information content (AvgIpc) is 2.84. The molecule has 2 rings (SSSR count). The van der Waals surface area contributed by atoms with E-state index >= 15 is 0 Å². The topological polar surface area (TPSA) is 58.2 Å². The Morgan fingerprint density at radius 1 is 1.17 bits per heavy atom. The molecule has 0 spiro atoms. The lowest BCUT2D eigenvalue weighted by atomic mass is 10.2. The Morgan fingerprint density at radius 2 is 1.78 bits per heavy atom. The molecule has 5 heteroatoms. The molecule has 96 valence electrons. The zero-order chi connectivity index (χ0) is 13.0. The predicted octanol–water partition coefficient (Wildman–Crippen LogP) is 2.48. The molecule has 0 saturated carbocycles. The molecular weight excluding hydrogens is 248 g/mol. The molecule has 0 aliphatic carbocycles. The van der Waals surface area contributed by atoms with Gasteiger partial charge in [0.1, 0.15) is 0 Å². The van der Waals surface area contributed by atoms with Crippen molar-refractivity contribution < 1.29 is 9.59 Å². The van der Waals surface area contributed by atoms with Gasteiger partial charge in [-0.1, -0.05) is 0 Å². The molecule has 0 aromatic heterocycles. The van der Waals surface area contributed by atoms with Crippen molar-refractivity contribution in [3.05, 3.63) is 24.3 Å². The van der Waals surface area contributed by atoms with Crippen LogP contribution in [0.5, 0.6) is 0 Å². The van der Waals surface area contributed by atoms with E-state index in [2.05, 4.69) is 10.6 Å². The Labute approximate surface area is 111 Å². The molecule has 1 saturated heterocycles. The maximum Gasteiger partial charge on any atom is 0.237 e. The molecule has 1 heterocycles. The second-order valence-corrected chi connectivity index (χ2v) is 5.56. The summed E-state index contributed by atoms with van der Waals surface area (Å²) in [6.07, 6.45) is 2.07. The van der Waals surface area contributed by atoms with Crippen LogP contribution in [0.1, 0.15) is 19.8 Å². The zero-order valence-electron chi connectivity index (χ0n) is 10.2. The van der Waals surface area contributed by atoms with Crippen molar-refractivity contribution in [3.63, 3.8) is 0 Å². The summed E-state index contributed by atoms with van der Waals surface area (Å²) < 4.78 is 0. The van der Waals surface area contributed by atoms with Gasteiger partial charge in [0, 0.05) is 18.3 Å². The fourth-order valence-corrected chi connectivity index (χ4v) is 3.01. The van der Waals surface area contributed by atoms with Crippen molar-refractivity contribution in [1.82, 2.24) is 0 Å². The maximum absolute atomic E-state index is 11.9. The summed E-state index contributed by atoms with van der Waals surface area (Å²) in [6.45, 7) is 1.47. The highest BCUT2D eigenvalue weighted by atomic mass is 32.2. The van der Waals surface area contributed by atoms with E-state index in [0.29, 0.717) is 0 Å². The molecular formula is C13H16N2O2S. The molecule has 2 N–H and O–H groups in total. The Kier molecular flexibility index (Phi) is 4.25. The minimum Gasteiger partial charge on any atom is -0.326 e. The SMILES string of the molecule is CC(=O)Nc1ccc(NC(=O)C2CCCS2)cc1. The highest BCUT2D eigenvalue weighted by Gasteiger charge is 2.23. The molecule has 1 atom stereocenters. The van der Waals surface area contributed by atoms with Gasteiger partial charge in [-0.3, -0.25) is 9.59 Å². The molecule has 1 aliphatic heterocycles. The molecule has 1 aliphatic rings.